The highest BCUT2D eigenvalue weighted by molar-refractivity contribution is 7.98. The lowest BCUT2D eigenvalue weighted by Crippen LogP contribution is -2.32. The first-order valence-electron chi connectivity index (χ1n) is 10.5. The van der Waals surface area contributed by atoms with Crippen LogP contribution < -0.4 is 10.6 Å². The Morgan fingerprint density at radius 2 is 2.00 bits per heavy atom. The summed E-state index contributed by atoms with van der Waals surface area (Å²) in [5, 5.41) is 12.2. The number of pyridine rings is 2. The number of allylic oxidation sites excluding steroid dienone is 1. The minimum absolute atomic E-state index is 0.264. The Balaban J connectivity index is 1.48. The predicted octanol–water partition coefficient (Wildman–Crippen LogP) is 4.94. The van der Waals surface area contributed by atoms with Crippen LogP contribution in [0.25, 0.3) is 0 Å². The molecule has 5 rings (SSSR count). The first-order valence-corrected chi connectivity index (χ1v) is 11.9. The van der Waals surface area contributed by atoms with E-state index < -0.39 is 6.04 Å². The highest BCUT2D eigenvalue weighted by Crippen LogP contribution is 2.36. The Bertz CT molecular complexity index is 1360. The molecule has 0 bridgehead atoms. The number of rotatable bonds is 6. The van der Waals surface area contributed by atoms with Gasteiger partial charge < -0.3 is 10.6 Å². The summed E-state index contributed by atoms with van der Waals surface area (Å²) >= 11 is 7.78. The van der Waals surface area contributed by atoms with Crippen molar-refractivity contribution in [3.63, 3.8) is 0 Å². The van der Waals surface area contributed by atoms with Crippen molar-refractivity contribution in [1.82, 2.24) is 24.7 Å². The number of benzene rings is 1. The molecule has 1 unspecified atom stereocenters. The van der Waals surface area contributed by atoms with Crippen LogP contribution in [0.5, 0.6) is 0 Å². The number of hydrogen-bond acceptors (Lipinski definition) is 7. The molecule has 3 aromatic heterocycles. The van der Waals surface area contributed by atoms with E-state index in [1.165, 1.54) is 11.8 Å². The number of carbonyl (C=O) groups is 1. The van der Waals surface area contributed by atoms with Crippen molar-refractivity contribution in [2.45, 2.75) is 23.9 Å². The monoisotopic (exact) mass is 489 g/mol. The van der Waals surface area contributed by atoms with Crippen molar-refractivity contribution < 1.29 is 4.79 Å². The number of anilines is 2. The number of thioether (sulfide) groups is 1. The van der Waals surface area contributed by atoms with Crippen LogP contribution >= 0.6 is 23.4 Å². The van der Waals surface area contributed by atoms with Crippen LogP contribution in [0.15, 0.2) is 89.6 Å². The molecule has 2 N–H and O–H groups in total. The second-order valence-corrected chi connectivity index (χ2v) is 8.91. The highest BCUT2D eigenvalue weighted by atomic mass is 35.5. The molecule has 1 aliphatic heterocycles. The van der Waals surface area contributed by atoms with E-state index in [0.29, 0.717) is 44.5 Å². The van der Waals surface area contributed by atoms with Crippen LogP contribution in [0.2, 0.25) is 5.02 Å². The molecular weight excluding hydrogens is 470 g/mol. The van der Waals surface area contributed by atoms with Gasteiger partial charge in [0.25, 0.3) is 5.91 Å². The summed E-state index contributed by atoms with van der Waals surface area (Å²) in [4.78, 5) is 26.6. The first kappa shape index (κ1) is 22.1. The SMILES string of the molecule is CC1=C(C(=O)Nc2cccnc2)C(c2ccccn2)n2nc(SCc3ccccc3Cl)nc2N1. The molecule has 34 heavy (non-hydrogen) atoms. The molecule has 4 heterocycles. The minimum atomic E-state index is -0.545. The minimum Gasteiger partial charge on any atom is -0.328 e. The molecule has 0 saturated carbocycles. The van der Waals surface area contributed by atoms with Gasteiger partial charge in [-0.3, -0.25) is 14.8 Å². The zero-order valence-corrected chi connectivity index (χ0v) is 19.7. The summed E-state index contributed by atoms with van der Waals surface area (Å²) in [6.45, 7) is 1.85. The van der Waals surface area contributed by atoms with Gasteiger partial charge in [0.1, 0.15) is 6.04 Å². The molecule has 0 radical (unpaired) electrons. The van der Waals surface area contributed by atoms with Crippen molar-refractivity contribution in [2.75, 3.05) is 10.6 Å². The number of nitrogens with zero attached hydrogens (tertiary/aromatic N) is 5. The number of amides is 1. The Hall–Kier alpha value is -3.69. The summed E-state index contributed by atoms with van der Waals surface area (Å²) in [5.41, 5.74) is 3.48. The molecule has 170 valence electrons. The number of nitrogens with one attached hydrogen (secondary N) is 2. The van der Waals surface area contributed by atoms with Crippen LogP contribution in [-0.2, 0) is 10.5 Å². The van der Waals surface area contributed by atoms with Crippen molar-refractivity contribution in [2.24, 2.45) is 0 Å². The maximum atomic E-state index is 13.4. The van der Waals surface area contributed by atoms with Crippen molar-refractivity contribution >= 4 is 40.9 Å². The van der Waals surface area contributed by atoms with E-state index in [2.05, 4.69) is 25.6 Å². The van der Waals surface area contributed by atoms with Crippen molar-refractivity contribution in [3.8, 4) is 0 Å². The van der Waals surface area contributed by atoms with Gasteiger partial charge in [-0.25, -0.2) is 4.68 Å². The molecule has 0 saturated heterocycles. The Labute approximate surface area is 205 Å². The lowest BCUT2D eigenvalue weighted by molar-refractivity contribution is -0.113. The van der Waals surface area contributed by atoms with E-state index in [9.17, 15) is 4.79 Å². The predicted molar refractivity (Wildman–Crippen MR) is 133 cm³/mol. The largest absolute Gasteiger partial charge is 0.328 e. The van der Waals surface area contributed by atoms with Crippen LogP contribution in [0, 0.1) is 0 Å². The third kappa shape index (κ3) is 4.52. The zero-order valence-electron chi connectivity index (χ0n) is 18.1. The maximum Gasteiger partial charge on any atom is 0.255 e. The lowest BCUT2D eigenvalue weighted by Gasteiger charge is -2.27. The van der Waals surface area contributed by atoms with Crippen LogP contribution in [0.3, 0.4) is 0 Å². The molecule has 10 heteroatoms. The Morgan fingerprint density at radius 3 is 2.76 bits per heavy atom. The summed E-state index contributed by atoms with van der Waals surface area (Å²) in [6.07, 6.45) is 4.96. The normalized spacial score (nSPS) is 14.9. The third-order valence-electron chi connectivity index (χ3n) is 5.28. The smallest absolute Gasteiger partial charge is 0.255 e. The van der Waals surface area contributed by atoms with E-state index in [1.54, 1.807) is 35.4 Å². The number of halogens is 1. The fourth-order valence-electron chi connectivity index (χ4n) is 3.69. The molecule has 1 aliphatic rings. The maximum absolute atomic E-state index is 13.4. The molecule has 1 aromatic carbocycles. The molecule has 8 nitrogen and oxygen atoms in total. The van der Waals surface area contributed by atoms with Gasteiger partial charge in [-0.05, 0) is 42.8 Å². The number of aromatic nitrogens is 5. The molecule has 0 spiro atoms. The van der Waals surface area contributed by atoms with Gasteiger partial charge in [0.15, 0.2) is 0 Å². The van der Waals surface area contributed by atoms with Crippen molar-refractivity contribution in [1.29, 1.82) is 0 Å². The summed E-state index contributed by atoms with van der Waals surface area (Å²) < 4.78 is 1.71. The highest BCUT2D eigenvalue weighted by Gasteiger charge is 2.35. The van der Waals surface area contributed by atoms with Gasteiger partial charge in [-0.2, -0.15) is 4.98 Å². The Kier molecular flexibility index (Phi) is 6.29. The van der Waals surface area contributed by atoms with Gasteiger partial charge in [-0.1, -0.05) is 47.6 Å². The summed E-state index contributed by atoms with van der Waals surface area (Å²) in [5.74, 6) is 0.908. The first-order chi connectivity index (χ1) is 16.6. The van der Waals surface area contributed by atoms with Gasteiger partial charge in [-0.15, -0.1) is 5.10 Å². The molecule has 1 atom stereocenters. The van der Waals surface area contributed by atoms with E-state index in [4.69, 9.17) is 16.7 Å². The fourth-order valence-corrected chi connectivity index (χ4v) is 4.81. The zero-order chi connectivity index (χ0) is 23.5. The molecule has 1 amide bonds. The van der Waals surface area contributed by atoms with E-state index in [1.807, 2.05) is 49.4 Å². The number of fused-ring (bicyclic) bond motifs is 1. The van der Waals surface area contributed by atoms with Gasteiger partial charge in [0.05, 0.1) is 23.2 Å². The van der Waals surface area contributed by atoms with E-state index in [0.717, 1.165) is 5.56 Å². The summed E-state index contributed by atoms with van der Waals surface area (Å²) in [7, 11) is 0. The van der Waals surface area contributed by atoms with E-state index in [-0.39, 0.29) is 5.91 Å². The topological polar surface area (TPSA) is 97.6 Å². The fraction of sp³-hybridized carbons (Fsp3) is 0.125. The molecule has 0 fully saturated rings. The van der Waals surface area contributed by atoms with Crippen LogP contribution in [0.4, 0.5) is 11.6 Å². The molecule has 4 aromatic rings. The van der Waals surface area contributed by atoms with E-state index >= 15 is 0 Å². The third-order valence-corrected chi connectivity index (χ3v) is 6.53. The van der Waals surface area contributed by atoms with Gasteiger partial charge in [0.2, 0.25) is 11.1 Å². The second kappa shape index (κ2) is 9.66. The van der Waals surface area contributed by atoms with Crippen LogP contribution in [0.1, 0.15) is 24.2 Å². The summed E-state index contributed by atoms with van der Waals surface area (Å²) in [6, 6.07) is 16.3. The van der Waals surface area contributed by atoms with Crippen LogP contribution in [-0.4, -0.2) is 30.6 Å². The standard InChI is InChI=1S/C24H20ClN7OS/c1-15-20(22(33)29-17-8-6-11-26-13-17)21(19-10-4-5-12-27-19)32-23(28-15)30-24(31-32)34-14-16-7-2-3-9-18(16)25/h2-13,21H,14H2,1H3,(H,29,33)(H,28,30,31). The number of carbonyl (C=O) groups excluding carboxylic acids is 1. The lowest BCUT2D eigenvalue weighted by atomic mass is 9.98. The second-order valence-electron chi connectivity index (χ2n) is 7.56. The van der Waals surface area contributed by atoms with Crippen molar-refractivity contribution in [3.05, 3.63) is 101 Å². The number of hydrogen-bond donors (Lipinski definition) is 2. The van der Waals surface area contributed by atoms with Gasteiger partial charge >= 0.3 is 0 Å². The average molecular weight is 490 g/mol. The molecular formula is C24H20ClN7OS. The molecule has 0 aliphatic carbocycles. The quantitative estimate of drug-likeness (QED) is 0.370. The van der Waals surface area contributed by atoms with Gasteiger partial charge in [0, 0.05) is 28.9 Å². The Morgan fingerprint density at radius 1 is 1.15 bits per heavy atom. The average Bonchev–Trinajstić information content (AvgIpc) is 3.26.